The van der Waals surface area contributed by atoms with Gasteiger partial charge in [0.2, 0.25) is 0 Å². The number of ether oxygens (including phenoxy) is 1. The van der Waals surface area contributed by atoms with Gasteiger partial charge in [0.1, 0.15) is 0 Å². The maximum absolute atomic E-state index is 12.3. The molecule has 23 heavy (non-hydrogen) atoms. The second kappa shape index (κ2) is 6.48. The number of hydrogen-bond acceptors (Lipinski definition) is 3. The third-order valence-electron chi connectivity index (χ3n) is 3.90. The van der Waals surface area contributed by atoms with Crippen molar-refractivity contribution in [2.24, 2.45) is 0 Å². The molecule has 1 heterocycles. The topological polar surface area (TPSA) is 44.1 Å². The molecule has 0 saturated heterocycles. The number of aromatic nitrogens is 2. The zero-order chi connectivity index (χ0) is 16.2. The molecule has 0 aliphatic rings. The number of rotatable bonds is 5. The van der Waals surface area contributed by atoms with E-state index in [2.05, 4.69) is 11.7 Å². The molecule has 1 unspecified atom stereocenters. The summed E-state index contributed by atoms with van der Waals surface area (Å²) in [5, 5.41) is 5.40. The zero-order valence-corrected chi connectivity index (χ0v) is 13.0. The lowest BCUT2D eigenvalue weighted by Crippen LogP contribution is -2.24. The Hall–Kier alpha value is -2.88. The van der Waals surface area contributed by atoms with Gasteiger partial charge in [-0.2, -0.15) is 5.10 Å². The Kier molecular flexibility index (Phi) is 4.24. The lowest BCUT2D eigenvalue weighted by molar-refractivity contribution is -0.144. The molecule has 4 heteroatoms. The Balaban J connectivity index is 2.06. The van der Waals surface area contributed by atoms with E-state index in [1.165, 1.54) is 7.11 Å². The minimum Gasteiger partial charge on any atom is -0.467 e. The van der Waals surface area contributed by atoms with E-state index in [9.17, 15) is 4.79 Å². The molecule has 0 bridgehead atoms. The SMILES string of the molecule is C=Cc1ccc2cnn(C(Cc3ccccc3)C(=O)OC)c2c1. The summed E-state index contributed by atoms with van der Waals surface area (Å²) in [6.45, 7) is 3.79. The van der Waals surface area contributed by atoms with Crippen LogP contribution >= 0.6 is 0 Å². The highest BCUT2D eigenvalue weighted by Gasteiger charge is 2.24. The minimum atomic E-state index is -0.500. The third kappa shape index (κ3) is 3.01. The monoisotopic (exact) mass is 306 g/mol. The summed E-state index contributed by atoms with van der Waals surface area (Å²) in [6.07, 6.45) is 4.08. The molecule has 0 aliphatic heterocycles. The molecule has 0 saturated carbocycles. The van der Waals surface area contributed by atoms with Crippen molar-refractivity contribution in [3.63, 3.8) is 0 Å². The summed E-state index contributed by atoms with van der Waals surface area (Å²) in [6, 6.07) is 15.3. The molecule has 0 radical (unpaired) electrons. The number of carbonyl (C=O) groups is 1. The van der Waals surface area contributed by atoms with E-state index >= 15 is 0 Å². The van der Waals surface area contributed by atoms with E-state index in [1.807, 2.05) is 48.5 Å². The summed E-state index contributed by atoms with van der Waals surface area (Å²) in [5.74, 6) is -0.303. The maximum Gasteiger partial charge on any atom is 0.331 e. The van der Waals surface area contributed by atoms with Crippen molar-refractivity contribution in [2.75, 3.05) is 7.11 Å². The zero-order valence-electron chi connectivity index (χ0n) is 13.0. The van der Waals surface area contributed by atoms with Gasteiger partial charge in [0.15, 0.2) is 6.04 Å². The number of fused-ring (bicyclic) bond motifs is 1. The van der Waals surface area contributed by atoms with Gasteiger partial charge in [-0.05, 0) is 17.2 Å². The van der Waals surface area contributed by atoms with Crippen LogP contribution in [0, 0.1) is 0 Å². The number of nitrogens with zero attached hydrogens (tertiary/aromatic N) is 2. The molecule has 1 atom stereocenters. The predicted molar refractivity (Wildman–Crippen MR) is 91.0 cm³/mol. The van der Waals surface area contributed by atoms with Crippen LogP contribution < -0.4 is 0 Å². The average molecular weight is 306 g/mol. The third-order valence-corrected chi connectivity index (χ3v) is 3.90. The lowest BCUT2D eigenvalue weighted by Gasteiger charge is -2.16. The second-order valence-corrected chi connectivity index (χ2v) is 5.34. The van der Waals surface area contributed by atoms with Gasteiger partial charge in [-0.15, -0.1) is 0 Å². The first kappa shape index (κ1) is 15.0. The van der Waals surface area contributed by atoms with Crippen molar-refractivity contribution in [1.82, 2.24) is 9.78 Å². The number of esters is 1. The van der Waals surface area contributed by atoms with E-state index in [1.54, 1.807) is 17.0 Å². The highest BCUT2D eigenvalue weighted by atomic mass is 16.5. The fourth-order valence-corrected chi connectivity index (χ4v) is 2.67. The van der Waals surface area contributed by atoms with Gasteiger partial charge in [-0.25, -0.2) is 4.79 Å². The molecule has 0 spiro atoms. The van der Waals surface area contributed by atoms with Crippen LogP contribution in [0.5, 0.6) is 0 Å². The summed E-state index contributed by atoms with van der Waals surface area (Å²) in [5.41, 5.74) is 2.95. The molecule has 0 amide bonds. The van der Waals surface area contributed by atoms with Crippen LogP contribution in [0.25, 0.3) is 17.0 Å². The van der Waals surface area contributed by atoms with Crippen molar-refractivity contribution >= 4 is 22.9 Å². The first-order valence-electron chi connectivity index (χ1n) is 7.44. The number of hydrogen-bond donors (Lipinski definition) is 0. The van der Waals surface area contributed by atoms with E-state index in [0.717, 1.165) is 22.0 Å². The number of methoxy groups -OCH3 is 1. The fraction of sp³-hybridized carbons (Fsp3) is 0.158. The molecule has 116 valence electrons. The smallest absolute Gasteiger partial charge is 0.331 e. The highest BCUT2D eigenvalue weighted by molar-refractivity contribution is 5.84. The van der Waals surface area contributed by atoms with Gasteiger partial charge in [0.05, 0.1) is 18.8 Å². The summed E-state index contributed by atoms with van der Waals surface area (Å²) < 4.78 is 6.73. The first-order valence-corrected chi connectivity index (χ1v) is 7.44. The molecule has 0 fully saturated rings. The summed E-state index contributed by atoms with van der Waals surface area (Å²) in [4.78, 5) is 12.3. The quantitative estimate of drug-likeness (QED) is 0.676. The molecule has 1 aromatic heterocycles. The van der Waals surface area contributed by atoms with Crippen LogP contribution in [0.4, 0.5) is 0 Å². The predicted octanol–water partition coefficient (Wildman–Crippen LogP) is 3.64. The van der Waals surface area contributed by atoms with Crippen molar-refractivity contribution < 1.29 is 9.53 Å². The summed E-state index contributed by atoms with van der Waals surface area (Å²) >= 11 is 0. The largest absolute Gasteiger partial charge is 0.467 e. The van der Waals surface area contributed by atoms with Crippen LogP contribution in [0.3, 0.4) is 0 Å². The number of carbonyl (C=O) groups excluding carboxylic acids is 1. The highest BCUT2D eigenvalue weighted by Crippen LogP contribution is 2.23. The normalized spacial score (nSPS) is 12.0. The average Bonchev–Trinajstić information content (AvgIpc) is 3.02. The van der Waals surface area contributed by atoms with Gasteiger partial charge >= 0.3 is 5.97 Å². The van der Waals surface area contributed by atoms with Gasteiger partial charge in [0, 0.05) is 11.8 Å². The Morgan fingerprint density at radius 2 is 2.09 bits per heavy atom. The van der Waals surface area contributed by atoms with E-state index in [4.69, 9.17) is 4.74 Å². The van der Waals surface area contributed by atoms with Crippen molar-refractivity contribution in [2.45, 2.75) is 12.5 Å². The van der Waals surface area contributed by atoms with E-state index < -0.39 is 6.04 Å². The fourth-order valence-electron chi connectivity index (χ4n) is 2.67. The molecular formula is C19H18N2O2. The molecule has 0 aliphatic carbocycles. The standard InChI is InChI=1S/C19H18N2O2/c1-3-14-9-10-16-13-20-21(17(16)11-14)18(19(22)23-2)12-15-7-5-4-6-8-15/h3-11,13,18H,1,12H2,2H3. The van der Waals surface area contributed by atoms with Crippen LogP contribution in [0.1, 0.15) is 17.2 Å². The van der Waals surface area contributed by atoms with Crippen LogP contribution in [-0.2, 0) is 16.0 Å². The van der Waals surface area contributed by atoms with Crippen LogP contribution in [-0.4, -0.2) is 22.9 Å². The first-order chi connectivity index (χ1) is 11.2. The number of benzene rings is 2. The van der Waals surface area contributed by atoms with Crippen LogP contribution in [0.15, 0.2) is 61.3 Å². The Labute approximate surface area is 135 Å². The lowest BCUT2D eigenvalue weighted by atomic mass is 10.1. The molecule has 0 N–H and O–H groups in total. The molecular weight excluding hydrogens is 288 g/mol. The second-order valence-electron chi connectivity index (χ2n) is 5.34. The maximum atomic E-state index is 12.3. The molecule has 3 aromatic rings. The Morgan fingerprint density at radius 1 is 1.30 bits per heavy atom. The van der Waals surface area contributed by atoms with Crippen LogP contribution in [0.2, 0.25) is 0 Å². The van der Waals surface area contributed by atoms with Gasteiger partial charge in [-0.3, -0.25) is 4.68 Å². The van der Waals surface area contributed by atoms with Crippen molar-refractivity contribution in [3.05, 3.63) is 72.4 Å². The molecule has 4 nitrogen and oxygen atoms in total. The Morgan fingerprint density at radius 3 is 2.78 bits per heavy atom. The summed E-state index contributed by atoms with van der Waals surface area (Å²) in [7, 11) is 1.40. The van der Waals surface area contributed by atoms with Crippen molar-refractivity contribution in [3.8, 4) is 0 Å². The molecule has 2 aromatic carbocycles. The van der Waals surface area contributed by atoms with Gasteiger partial charge in [-0.1, -0.05) is 55.1 Å². The molecule has 3 rings (SSSR count). The van der Waals surface area contributed by atoms with Crippen molar-refractivity contribution in [1.29, 1.82) is 0 Å². The van der Waals surface area contributed by atoms with Gasteiger partial charge in [0.25, 0.3) is 0 Å². The van der Waals surface area contributed by atoms with Gasteiger partial charge < -0.3 is 4.74 Å². The Bertz CT molecular complexity index is 837. The van der Waals surface area contributed by atoms with E-state index in [0.29, 0.717) is 6.42 Å². The minimum absolute atomic E-state index is 0.303. The van der Waals surface area contributed by atoms with E-state index in [-0.39, 0.29) is 5.97 Å².